The number of fused-ring (bicyclic) bond motifs is 1. The second kappa shape index (κ2) is 9.88. The molecule has 4 N–H and O–H groups in total. The van der Waals surface area contributed by atoms with Crippen LogP contribution in [0.1, 0.15) is 66.2 Å². The molecule has 2 fully saturated rings. The Morgan fingerprint density at radius 2 is 1.90 bits per heavy atom. The lowest BCUT2D eigenvalue weighted by Crippen LogP contribution is -2.43. The lowest BCUT2D eigenvalue weighted by atomic mass is 10.00. The highest BCUT2D eigenvalue weighted by atomic mass is 19.4. The van der Waals surface area contributed by atoms with Gasteiger partial charge in [0, 0.05) is 0 Å². The standard InChI is InChI=1S/C24H25F6N7O4/c1-22(2,24(28,29)30)40-9-12(16-17(19(31)38)36-41-35-16)20-32-13-6-5-11(7-14(13)33-20)18(10-3-4-10)37-8-15(23(25,26)27)34-21(37)39/h5-7,10,12,15,18H,3-4,8-9H2,1-2H3,(H2,31,38)(H,32,33)(H,34,39)/t12-,15+,18-/m1/s1. The quantitative estimate of drug-likeness (QED) is 0.320. The third-order valence-corrected chi connectivity index (χ3v) is 7.30. The van der Waals surface area contributed by atoms with Gasteiger partial charge in [-0.1, -0.05) is 11.2 Å². The van der Waals surface area contributed by atoms with Gasteiger partial charge in [-0.05, 0) is 55.5 Å². The average molecular weight is 589 g/mol. The number of rotatable bonds is 9. The minimum Gasteiger partial charge on any atom is -0.365 e. The molecule has 1 saturated heterocycles. The number of nitrogens with zero attached hydrogens (tertiary/aromatic N) is 4. The van der Waals surface area contributed by atoms with Gasteiger partial charge in [0.15, 0.2) is 11.3 Å². The lowest BCUT2D eigenvalue weighted by Gasteiger charge is -2.29. The van der Waals surface area contributed by atoms with Gasteiger partial charge < -0.3 is 25.7 Å². The van der Waals surface area contributed by atoms with Gasteiger partial charge in [0.25, 0.3) is 5.91 Å². The van der Waals surface area contributed by atoms with Gasteiger partial charge in [-0.15, -0.1) is 0 Å². The van der Waals surface area contributed by atoms with E-state index in [4.69, 9.17) is 10.5 Å². The van der Waals surface area contributed by atoms with Crippen LogP contribution in [0.3, 0.4) is 0 Å². The monoisotopic (exact) mass is 589 g/mol. The minimum atomic E-state index is -4.72. The summed E-state index contributed by atoms with van der Waals surface area (Å²) in [5.41, 5.74) is 3.44. The van der Waals surface area contributed by atoms with Crippen molar-refractivity contribution in [2.75, 3.05) is 13.2 Å². The van der Waals surface area contributed by atoms with Crippen LogP contribution in [0.4, 0.5) is 31.1 Å². The van der Waals surface area contributed by atoms with E-state index in [0.717, 1.165) is 26.7 Å². The molecule has 11 nitrogen and oxygen atoms in total. The van der Waals surface area contributed by atoms with E-state index in [1.807, 2.05) is 5.32 Å². The van der Waals surface area contributed by atoms with Crippen molar-refractivity contribution in [2.24, 2.45) is 11.7 Å². The minimum absolute atomic E-state index is 0.0438. The summed E-state index contributed by atoms with van der Waals surface area (Å²) in [6.07, 6.45) is -7.88. The molecular weight excluding hydrogens is 564 g/mol. The van der Waals surface area contributed by atoms with Gasteiger partial charge in [-0.25, -0.2) is 14.4 Å². The maximum absolute atomic E-state index is 13.5. The Morgan fingerprint density at radius 1 is 1.20 bits per heavy atom. The van der Waals surface area contributed by atoms with Gasteiger partial charge in [-0.2, -0.15) is 26.3 Å². The number of urea groups is 1. The molecule has 3 atom stereocenters. The number of amides is 3. The van der Waals surface area contributed by atoms with Crippen molar-refractivity contribution in [1.29, 1.82) is 0 Å². The van der Waals surface area contributed by atoms with E-state index in [0.29, 0.717) is 16.6 Å². The van der Waals surface area contributed by atoms with Crippen molar-refractivity contribution in [1.82, 2.24) is 30.5 Å². The van der Waals surface area contributed by atoms with E-state index in [-0.39, 0.29) is 17.4 Å². The van der Waals surface area contributed by atoms with Crippen LogP contribution in [0, 0.1) is 5.92 Å². The number of carbonyl (C=O) groups is 2. The second-order valence-electron chi connectivity index (χ2n) is 10.6. The number of aromatic amines is 1. The molecule has 17 heteroatoms. The van der Waals surface area contributed by atoms with Crippen LogP contribution in [-0.4, -0.2) is 74.3 Å². The highest BCUT2D eigenvalue weighted by Crippen LogP contribution is 2.46. The molecule has 3 amide bonds. The molecular formula is C24H25F6N7O4. The van der Waals surface area contributed by atoms with Gasteiger partial charge in [-0.3, -0.25) is 4.79 Å². The van der Waals surface area contributed by atoms with E-state index in [1.54, 1.807) is 18.2 Å². The SMILES string of the molecule is CC(C)(OC[C@@H](c1nc2ccc([C@@H](C3CC3)N3C[C@@H](C(F)(F)F)NC3=O)cc2[nH]1)c1nonc1C(N)=O)C(F)(F)F. The molecule has 5 rings (SSSR count). The summed E-state index contributed by atoms with van der Waals surface area (Å²) < 4.78 is 90.1. The molecule has 1 aromatic carbocycles. The molecule has 3 heterocycles. The Labute approximate surface area is 227 Å². The summed E-state index contributed by atoms with van der Waals surface area (Å²) in [5.74, 6) is -2.23. The molecule has 1 aliphatic heterocycles. The van der Waals surface area contributed by atoms with Crippen molar-refractivity contribution < 1.29 is 45.3 Å². The Balaban J connectivity index is 1.49. The van der Waals surface area contributed by atoms with E-state index in [1.165, 1.54) is 4.90 Å². The third kappa shape index (κ3) is 5.54. The predicted molar refractivity (Wildman–Crippen MR) is 127 cm³/mol. The summed E-state index contributed by atoms with van der Waals surface area (Å²) in [7, 11) is 0. The van der Waals surface area contributed by atoms with E-state index >= 15 is 0 Å². The smallest absolute Gasteiger partial charge is 0.365 e. The first-order valence-corrected chi connectivity index (χ1v) is 12.5. The number of hydrogen-bond acceptors (Lipinski definition) is 7. The number of benzene rings is 1. The number of nitrogens with two attached hydrogens (primary N) is 1. The number of imidazole rings is 1. The van der Waals surface area contributed by atoms with Crippen molar-refractivity contribution in [3.05, 3.63) is 41.0 Å². The van der Waals surface area contributed by atoms with Crippen LogP contribution >= 0.6 is 0 Å². The predicted octanol–water partition coefficient (Wildman–Crippen LogP) is 3.94. The number of ether oxygens (including phenoxy) is 1. The summed E-state index contributed by atoms with van der Waals surface area (Å²) in [4.78, 5) is 33.0. The molecule has 0 radical (unpaired) electrons. The third-order valence-electron chi connectivity index (χ3n) is 7.30. The molecule has 2 aliphatic rings. The molecule has 1 saturated carbocycles. The zero-order valence-electron chi connectivity index (χ0n) is 21.6. The fourth-order valence-electron chi connectivity index (χ4n) is 4.75. The zero-order valence-corrected chi connectivity index (χ0v) is 21.6. The van der Waals surface area contributed by atoms with Crippen LogP contribution < -0.4 is 11.1 Å². The maximum Gasteiger partial charge on any atom is 0.416 e. The summed E-state index contributed by atoms with van der Waals surface area (Å²) in [5, 5.41) is 9.09. The number of primary amides is 1. The van der Waals surface area contributed by atoms with Crippen LogP contribution in [0.15, 0.2) is 22.8 Å². The number of alkyl halides is 6. The largest absolute Gasteiger partial charge is 0.416 e. The van der Waals surface area contributed by atoms with Crippen LogP contribution in [0.5, 0.6) is 0 Å². The second-order valence-corrected chi connectivity index (χ2v) is 10.6. The van der Waals surface area contributed by atoms with Crippen molar-refractivity contribution in [3.63, 3.8) is 0 Å². The average Bonchev–Trinajstić information content (AvgIpc) is 3.23. The van der Waals surface area contributed by atoms with Crippen LogP contribution in [0.2, 0.25) is 0 Å². The molecule has 0 bridgehead atoms. The molecule has 222 valence electrons. The normalized spacial score (nSPS) is 20.0. The molecule has 0 unspecified atom stereocenters. The maximum atomic E-state index is 13.5. The first kappa shape index (κ1) is 28.6. The molecule has 1 aliphatic carbocycles. The Hall–Kier alpha value is -3.89. The fourth-order valence-corrected chi connectivity index (χ4v) is 4.75. The zero-order chi connectivity index (χ0) is 29.9. The number of carbonyl (C=O) groups excluding carboxylic acids is 2. The highest BCUT2D eigenvalue weighted by Gasteiger charge is 2.51. The topological polar surface area (TPSA) is 152 Å². The Morgan fingerprint density at radius 3 is 2.49 bits per heavy atom. The number of nitrogens with one attached hydrogen (secondary N) is 2. The summed E-state index contributed by atoms with van der Waals surface area (Å²) in [6, 6.07) is 1.38. The van der Waals surface area contributed by atoms with Gasteiger partial charge in [0.1, 0.15) is 17.6 Å². The molecule has 2 aromatic heterocycles. The fraction of sp³-hybridized carbons (Fsp3) is 0.542. The summed E-state index contributed by atoms with van der Waals surface area (Å²) >= 11 is 0. The first-order chi connectivity index (χ1) is 19.1. The number of hydrogen-bond donors (Lipinski definition) is 3. The van der Waals surface area contributed by atoms with Crippen LogP contribution in [-0.2, 0) is 4.74 Å². The van der Waals surface area contributed by atoms with Crippen LogP contribution in [0.25, 0.3) is 11.0 Å². The summed E-state index contributed by atoms with van der Waals surface area (Å²) in [6.45, 7) is 0.478. The van der Waals surface area contributed by atoms with Crippen molar-refractivity contribution in [2.45, 2.75) is 62.6 Å². The van der Waals surface area contributed by atoms with Gasteiger partial charge in [0.2, 0.25) is 0 Å². The van der Waals surface area contributed by atoms with Gasteiger partial charge in [0.05, 0.1) is 36.1 Å². The first-order valence-electron chi connectivity index (χ1n) is 12.5. The van der Waals surface area contributed by atoms with E-state index < -0.39 is 66.7 Å². The van der Waals surface area contributed by atoms with E-state index in [2.05, 4.69) is 24.9 Å². The Kier molecular flexibility index (Phi) is 6.90. The van der Waals surface area contributed by atoms with Gasteiger partial charge >= 0.3 is 18.4 Å². The molecule has 0 spiro atoms. The number of H-pyrrole nitrogens is 1. The Bertz CT molecular complexity index is 1460. The highest BCUT2D eigenvalue weighted by molar-refractivity contribution is 5.92. The molecule has 41 heavy (non-hydrogen) atoms. The van der Waals surface area contributed by atoms with Crippen molar-refractivity contribution in [3.8, 4) is 0 Å². The van der Waals surface area contributed by atoms with E-state index in [9.17, 15) is 35.9 Å². The number of halogens is 6. The number of aromatic nitrogens is 4. The molecule has 3 aromatic rings. The lowest BCUT2D eigenvalue weighted by molar-refractivity contribution is -0.264. The van der Waals surface area contributed by atoms with Crippen molar-refractivity contribution >= 4 is 23.0 Å².